The van der Waals surface area contributed by atoms with Crippen LogP contribution in [-0.4, -0.2) is 41.3 Å². The lowest BCUT2D eigenvalue weighted by Crippen LogP contribution is -2.52. The monoisotopic (exact) mass is 413 g/mol. The summed E-state index contributed by atoms with van der Waals surface area (Å²) in [4.78, 5) is 4.88. The van der Waals surface area contributed by atoms with Gasteiger partial charge in [-0.1, -0.05) is 35.4 Å². The Balaban J connectivity index is 0.00000131. The smallest absolute Gasteiger partial charge is 0.318 e. The van der Waals surface area contributed by atoms with Gasteiger partial charge in [0.25, 0.3) is 0 Å². The molecule has 1 unspecified atom stereocenters. The average Bonchev–Trinajstić information content (AvgIpc) is 3.12. The third kappa shape index (κ3) is 5.13. The highest BCUT2D eigenvalue weighted by Gasteiger charge is 2.40. The highest BCUT2D eigenvalue weighted by Crippen LogP contribution is 2.39. The molecule has 27 heavy (non-hydrogen) atoms. The van der Waals surface area contributed by atoms with E-state index in [1.165, 1.54) is 37.8 Å². The molecule has 1 spiro atoms. The van der Waals surface area contributed by atoms with Crippen molar-refractivity contribution in [1.82, 2.24) is 15.1 Å². The van der Waals surface area contributed by atoms with Gasteiger partial charge in [-0.05, 0) is 37.8 Å². The van der Waals surface area contributed by atoms with Crippen molar-refractivity contribution in [1.29, 1.82) is 0 Å². The second kappa shape index (κ2) is 9.73. The Hall–Kier alpha value is -1.34. The number of halogens is 2. The van der Waals surface area contributed by atoms with Gasteiger partial charge in [-0.2, -0.15) is 0 Å². The van der Waals surface area contributed by atoms with E-state index in [-0.39, 0.29) is 24.8 Å². The highest BCUT2D eigenvalue weighted by atomic mass is 35.5. The van der Waals surface area contributed by atoms with Gasteiger partial charge < -0.3 is 15.1 Å². The molecule has 2 aliphatic rings. The topological polar surface area (TPSA) is 71.4 Å². The maximum absolute atomic E-state index is 5.69. The Morgan fingerprint density at radius 3 is 2.44 bits per heavy atom. The van der Waals surface area contributed by atoms with Crippen LogP contribution in [0, 0.1) is 5.41 Å². The number of rotatable bonds is 4. The van der Waals surface area contributed by atoms with Crippen LogP contribution in [0.25, 0.3) is 0 Å². The summed E-state index contributed by atoms with van der Waals surface area (Å²) >= 11 is 0. The van der Waals surface area contributed by atoms with Crippen LogP contribution in [0.4, 0.5) is 6.01 Å². The van der Waals surface area contributed by atoms with Crippen LogP contribution in [-0.2, 0) is 13.1 Å². The molecule has 0 amide bonds. The molecule has 2 fully saturated rings. The molecule has 0 bridgehead atoms. The van der Waals surface area contributed by atoms with E-state index >= 15 is 0 Å². The number of anilines is 1. The van der Waals surface area contributed by atoms with Crippen LogP contribution in [0.15, 0.2) is 34.7 Å². The van der Waals surface area contributed by atoms with E-state index < -0.39 is 0 Å². The fourth-order valence-electron chi connectivity index (χ4n) is 4.45. The predicted molar refractivity (Wildman–Crippen MR) is 112 cm³/mol. The van der Waals surface area contributed by atoms with Gasteiger partial charge in [-0.15, -0.1) is 29.9 Å². The second-order valence-electron chi connectivity index (χ2n) is 7.51. The summed E-state index contributed by atoms with van der Waals surface area (Å²) in [7, 11) is 0. The van der Waals surface area contributed by atoms with Crippen LogP contribution >= 0.6 is 24.8 Å². The number of benzene rings is 1. The van der Waals surface area contributed by atoms with Crippen molar-refractivity contribution in [2.45, 2.75) is 38.8 Å². The molecule has 8 heteroatoms. The summed E-state index contributed by atoms with van der Waals surface area (Å²) < 4.78 is 5.69. The summed E-state index contributed by atoms with van der Waals surface area (Å²) in [6.07, 6.45) is 5.01. The lowest BCUT2D eigenvalue weighted by molar-refractivity contribution is 0.0671. The van der Waals surface area contributed by atoms with Crippen molar-refractivity contribution in [3.63, 3.8) is 0 Å². The zero-order valence-corrected chi connectivity index (χ0v) is 17.2. The fourth-order valence-corrected chi connectivity index (χ4v) is 4.45. The summed E-state index contributed by atoms with van der Waals surface area (Å²) in [6, 6.07) is 11.4. The van der Waals surface area contributed by atoms with Gasteiger partial charge in [-0.3, -0.25) is 4.90 Å². The molecule has 150 valence electrons. The molecular formula is C19H29Cl2N5O. The number of nitrogens with two attached hydrogens (primary N) is 1. The normalized spacial score (nSPS) is 22.9. The zero-order chi connectivity index (χ0) is 17.1. The van der Waals surface area contributed by atoms with E-state index in [1.807, 2.05) is 0 Å². The van der Waals surface area contributed by atoms with Crippen LogP contribution in [0.1, 0.15) is 37.1 Å². The van der Waals surface area contributed by atoms with Crippen molar-refractivity contribution in [2.24, 2.45) is 11.1 Å². The Bertz CT molecular complexity index is 694. The second-order valence-corrected chi connectivity index (χ2v) is 7.51. The largest absolute Gasteiger partial charge is 0.407 e. The van der Waals surface area contributed by atoms with Crippen molar-refractivity contribution >= 4 is 30.8 Å². The Labute approximate surface area is 173 Å². The SMILES string of the molecule is Cl.Cl.NCc1nnc(N2CCCC3(CCCN(Cc4ccccc4)C3)C2)o1. The summed E-state index contributed by atoms with van der Waals surface area (Å²) in [5, 5.41) is 8.21. The lowest BCUT2D eigenvalue weighted by Gasteiger charge is -2.48. The van der Waals surface area contributed by atoms with E-state index in [4.69, 9.17) is 10.2 Å². The molecule has 0 radical (unpaired) electrons. The minimum absolute atomic E-state index is 0. The molecule has 1 aromatic carbocycles. The Kier molecular flexibility index (Phi) is 7.91. The summed E-state index contributed by atoms with van der Waals surface area (Å²) in [6.45, 7) is 5.68. The third-order valence-corrected chi connectivity index (χ3v) is 5.55. The van der Waals surface area contributed by atoms with Crippen molar-refractivity contribution in [3.8, 4) is 0 Å². The first-order chi connectivity index (χ1) is 12.3. The van der Waals surface area contributed by atoms with E-state index in [1.54, 1.807) is 0 Å². The van der Waals surface area contributed by atoms with Gasteiger partial charge in [0, 0.05) is 31.6 Å². The van der Waals surface area contributed by atoms with E-state index in [0.29, 0.717) is 23.9 Å². The molecule has 0 aliphatic carbocycles. The van der Waals surface area contributed by atoms with E-state index in [2.05, 4.69) is 50.3 Å². The highest BCUT2D eigenvalue weighted by molar-refractivity contribution is 5.85. The number of piperidine rings is 2. The van der Waals surface area contributed by atoms with Crippen LogP contribution in [0.2, 0.25) is 0 Å². The molecule has 4 rings (SSSR count). The van der Waals surface area contributed by atoms with E-state index in [0.717, 1.165) is 26.2 Å². The van der Waals surface area contributed by atoms with Crippen LogP contribution in [0.5, 0.6) is 0 Å². The van der Waals surface area contributed by atoms with Gasteiger partial charge >= 0.3 is 6.01 Å². The molecule has 2 aromatic rings. The molecule has 1 atom stereocenters. The zero-order valence-electron chi connectivity index (χ0n) is 15.5. The lowest BCUT2D eigenvalue weighted by atomic mass is 9.73. The molecule has 2 aliphatic heterocycles. The maximum Gasteiger partial charge on any atom is 0.318 e. The fraction of sp³-hybridized carbons (Fsp3) is 0.579. The van der Waals surface area contributed by atoms with Crippen LogP contribution < -0.4 is 10.6 Å². The van der Waals surface area contributed by atoms with Crippen molar-refractivity contribution < 1.29 is 4.42 Å². The van der Waals surface area contributed by atoms with Gasteiger partial charge in [0.1, 0.15) is 0 Å². The first kappa shape index (κ1) is 22.0. The quantitative estimate of drug-likeness (QED) is 0.828. The molecular weight excluding hydrogens is 385 g/mol. The van der Waals surface area contributed by atoms with Gasteiger partial charge in [0.2, 0.25) is 5.89 Å². The number of likely N-dealkylation sites (tertiary alicyclic amines) is 1. The summed E-state index contributed by atoms with van der Waals surface area (Å²) in [5.74, 6) is 0.518. The van der Waals surface area contributed by atoms with Crippen molar-refractivity contribution in [3.05, 3.63) is 41.8 Å². The van der Waals surface area contributed by atoms with E-state index in [9.17, 15) is 0 Å². The molecule has 3 heterocycles. The predicted octanol–water partition coefficient (Wildman–Crippen LogP) is 3.25. The molecule has 2 saturated heterocycles. The van der Waals surface area contributed by atoms with Gasteiger partial charge in [-0.25, -0.2) is 0 Å². The van der Waals surface area contributed by atoms with Gasteiger partial charge in [0.05, 0.1) is 6.54 Å². The molecule has 0 saturated carbocycles. The van der Waals surface area contributed by atoms with Crippen LogP contribution in [0.3, 0.4) is 0 Å². The number of nitrogens with zero attached hydrogens (tertiary/aromatic N) is 4. The summed E-state index contributed by atoms with van der Waals surface area (Å²) in [5.41, 5.74) is 7.33. The first-order valence-corrected chi connectivity index (χ1v) is 9.30. The standard InChI is InChI=1S/C19H27N5O.2ClH/c20-12-17-21-22-18(25-17)24-11-5-9-19(15-24)8-4-10-23(14-19)13-16-6-2-1-3-7-16;;/h1-3,6-7H,4-5,8-15,20H2;2*1H. The minimum atomic E-state index is 0. The molecule has 2 N–H and O–H groups in total. The maximum atomic E-state index is 5.69. The Morgan fingerprint density at radius 1 is 1.00 bits per heavy atom. The number of hydrogen-bond donors (Lipinski definition) is 1. The molecule has 1 aromatic heterocycles. The third-order valence-electron chi connectivity index (χ3n) is 5.55. The minimum Gasteiger partial charge on any atom is -0.407 e. The van der Waals surface area contributed by atoms with Gasteiger partial charge in [0.15, 0.2) is 0 Å². The number of hydrogen-bond acceptors (Lipinski definition) is 6. The average molecular weight is 414 g/mol. The first-order valence-electron chi connectivity index (χ1n) is 9.30. The molecule has 6 nitrogen and oxygen atoms in total. The van der Waals surface area contributed by atoms with Crippen molar-refractivity contribution in [2.75, 3.05) is 31.1 Å². The number of aromatic nitrogens is 2. The Morgan fingerprint density at radius 2 is 1.74 bits per heavy atom.